The smallest absolute Gasteiger partial charge is 0.310 e. The molecule has 0 bridgehead atoms. The molecular formula is C30H50O6. The molecule has 36 heavy (non-hydrogen) atoms. The Morgan fingerprint density at radius 1 is 0.861 bits per heavy atom. The van der Waals surface area contributed by atoms with Gasteiger partial charge < -0.3 is 25.5 Å². The Bertz CT molecular complexity index is 934. The van der Waals surface area contributed by atoms with Crippen LogP contribution in [0.15, 0.2) is 0 Å². The maximum absolute atomic E-state index is 12.9. The summed E-state index contributed by atoms with van der Waals surface area (Å²) in [5.74, 6) is -0.790. The van der Waals surface area contributed by atoms with Crippen LogP contribution in [0, 0.1) is 56.7 Å². The van der Waals surface area contributed by atoms with Gasteiger partial charge in [-0.1, -0.05) is 48.5 Å². The van der Waals surface area contributed by atoms with Crippen molar-refractivity contribution in [2.24, 2.45) is 56.7 Å². The fraction of sp³-hybridized carbons (Fsp3) is 0.967. The van der Waals surface area contributed by atoms with Gasteiger partial charge >= 0.3 is 5.97 Å². The third-order valence-corrected chi connectivity index (χ3v) is 14.1. The second-order valence-electron chi connectivity index (χ2n) is 15.3. The van der Waals surface area contributed by atoms with Crippen molar-refractivity contribution in [2.75, 3.05) is 0 Å². The number of hydrogen-bond acceptors (Lipinski definition) is 5. The Labute approximate surface area is 216 Å². The van der Waals surface area contributed by atoms with Crippen LogP contribution in [0.3, 0.4) is 0 Å². The van der Waals surface area contributed by atoms with Crippen molar-refractivity contribution < 1.29 is 30.3 Å². The fourth-order valence-corrected chi connectivity index (χ4v) is 11.8. The molecule has 0 unspecified atom stereocenters. The fourth-order valence-electron chi connectivity index (χ4n) is 11.8. The topological polar surface area (TPSA) is 118 Å². The minimum absolute atomic E-state index is 0.00761. The lowest BCUT2D eigenvalue weighted by atomic mass is 9.29. The highest BCUT2D eigenvalue weighted by Crippen LogP contribution is 2.78. The number of fused-ring (bicyclic) bond motifs is 7. The van der Waals surface area contributed by atoms with E-state index in [0.29, 0.717) is 32.1 Å². The highest BCUT2D eigenvalue weighted by atomic mass is 16.4. The van der Waals surface area contributed by atoms with E-state index in [2.05, 4.69) is 48.5 Å². The van der Waals surface area contributed by atoms with Crippen molar-refractivity contribution in [3.8, 4) is 0 Å². The molecule has 0 radical (unpaired) electrons. The van der Waals surface area contributed by atoms with Crippen LogP contribution in [0.4, 0.5) is 0 Å². The van der Waals surface area contributed by atoms with Crippen LogP contribution in [0.1, 0.15) is 99.8 Å². The summed E-state index contributed by atoms with van der Waals surface area (Å²) in [6.45, 7) is 15.1. The van der Waals surface area contributed by atoms with Crippen molar-refractivity contribution in [3.63, 3.8) is 0 Å². The van der Waals surface area contributed by atoms with E-state index in [0.717, 1.165) is 19.3 Å². The summed E-state index contributed by atoms with van der Waals surface area (Å²) in [5, 5.41) is 57.4. The first-order valence-corrected chi connectivity index (χ1v) is 14.4. The van der Waals surface area contributed by atoms with Gasteiger partial charge in [-0.25, -0.2) is 0 Å². The van der Waals surface area contributed by atoms with Crippen molar-refractivity contribution in [1.29, 1.82) is 0 Å². The molecule has 5 aliphatic carbocycles. The number of carboxylic acids is 1. The third kappa shape index (κ3) is 2.81. The predicted octanol–water partition coefficient (Wildman–Crippen LogP) is 4.23. The van der Waals surface area contributed by atoms with Gasteiger partial charge in [-0.2, -0.15) is 0 Å². The molecule has 5 rings (SSSR count). The van der Waals surface area contributed by atoms with Crippen LogP contribution < -0.4 is 0 Å². The van der Waals surface area contributed by atoms with Gasteiger partial charge in [-0.05, 0) is 91.3 Å². The molecule has 5 fully saturated rings. The van der Waals surface area contributed by atoms with Crippen molar-refractivity contribution in [3.05, 3.63) is 0 Å². The zero-order valence-corrected chi connectivity index (χ0v) is 23.4. The maximum atomic E-state index is 12.9. The van der Waals surface area contributed by atoms with Crippen LogP contribution >= 0.6 is 0 Å². The number of carbonyl (C=O) groups is 1. The Morgan fingerprint density at radius 2 is 1.50 bits per heavy atom. The van der Waals surface area contributed by atoms with Crippen molar-refractivity contribution >= 4 is 5.97 Å². The molecule has 0 aromatic heterocycles. The lowest BCUT2D eigenvalue weighted by molar-refractivity contribution is -0.350. The van der Waals surface area contributed by atoms with Crippen molar-refractivity contribution in [1.82, 2.24) is 0 Å². The summed E-state index contributed by atoms with van der Waals surface area (Å²) in [4.78, 5) is 12.9. The van der Waals surface area contributed by atoms with Crippen LogP contribution in [-0.2, 0) is 4.79 Å². The minimum Gasteiger partial charge on any atom is -0.481 e. The highest BCUT2D eigenvalue weighted by molar-refractivity contribution is 5.76. The summed E-state index contributed by atoms with van der Waals surface area (Å²) in [6.07, 6.45) is 2.52. The number of hydrogen-bond donors (Lipinski definition) is 5. The lowest BCUT2D eigenvalue weighted by Crippen LogP contribution is -2.79. The number of carboxylic acid groups (broad SMARTS) is 1. The summed E-state index contributed by atoms with van der Waals surface area (Å²) < 4.78 is 0. The van der Waals surface area contributed by atoms with Gasteiger partial charge in [0.2, 0.25) is 0 Å². The standard InChI is InChI=1S/C30H50O6/c1-16-8-11-29(24(34)35)13-12-28(7)27(6)10-9-19-25(3,4)23(33)18(31)15-26(19,5)20(27)14-21(32)30(28,36)22(29)17(16)2/h16-23,31-33,36H,8-15H2,1-7H3,(H,34,35)/t16-,17+,18-,19-,20-,21-,22-,23+,26+,27-,28+,29+,30-/m1/s1. The summed E-state index contributed by atoms with van der Waals surface area (Å²) >= 11 is 0. The Balaban J connectivity index is 1.66. The largest absolute Gasteiger partial charge is 0.481 e. The molecule has 0 heterocycles. The molecule has 13 atom stereocenters. The van der Waals surface area contributed by atoms with E-state index in [1.54, 1.807) is 0 Å². The molecule has 5 saturated carbocycles. The summed E-state index contributed by atoms with van der Waals surface area (Å²) in [6, 6.07) is 0. The SMILES string of the molecule is C[C@H]1[C@H](C)CC[C@]2(C(=O)O)CC[C@]3(C)[C@@](O)([C@H](O)C[C@@H]4[C@@]5(C)C[C@@H](O)[C@H](O)C(C)(C)[C@H]5CC[C@]43C)[C@H]12. The van der Waals surface area contributed by atoms with E-state index in [4.69, 9.17) is 0 Å². The molecule has 0 aromatic rings. The molecule has 5 N–H and O–H groups in total. The Kier molecular flexibility index (Phi) is 5.75. The molecule has 0 amide bonds. The molecule has 0 saturated heterocycles. The molecule has 0 spiro atoms. The van der Waals surface area contributed by atoms with Crippen LogP contribution in [-0.4, -0.2) is 55.4 Å². The van der Waals surface area contributed by atoms with Gasteiger partial charge in [0.25, 0.3) is 0 Å². The van der Waals surface area contributed by atoms with E-state index in [1.165, 1.54) is 0 Å². The van der Waals surface area contributed by atoms with E-state index >= 15 is 0 Å². The van der Waals surface area contributed by atoms with Crippen LogP contribution in [0.2, 0.25) is 0 Å². The first-order chi connectivity index (χ1) is 16.4. The average molecular weight is 507 g/mol. The van der Waals surface area contributed by atoms with Gasteiger partial charge in [-0.15, -0.1) is 0 Å². The molecule has 0 aromatic carbocycles. The molecule has 5 aliphatic rings. The van der Waals surface area contributed by atoms with E-state index in [9.17, 15) is 30.3 Å². The number of aliphatic hydroxyl groups excluding tert-OH is 3. The molecular weight excluding hydrogens is 456 g/mol. The van der Waals surface area contributed by atoms with Crippen LogP contribution in [0.25, 0.3) is 0 Å². The Hall–Kier alpha value is -0.690. The number of aliphatic carboxylic acids is 1. The quantitative estimate of drug-likeness (QED) is 0.363. The van der Waals surface area contributed by atoms with Gasteiger partial charge in [0.05, 0.1) is 23.7 Å². The summed E-state index contributed by atoms with van der Waals surface area (Å²) in [5.41, 5.74) is -4.22. The Morgan fingerprint density at radius 3 is 2.11 bits per heavy atom. The zero-order chi connectivity index (χ0) is 26.9. The molecule has 6 heteroatoms. The van der Waals surface area contributed by atoms with Gasteiger partial charge in [0.1, 0.15) is 5.60 Å². The number of aliphatic hydroxyl groups is 4. The van der Waals surface area contributed by atoms with E-state index in [-0.39, 0.29) is 34.5 Å². The lowest BCUT2D eigenvalue weighted by Gasteiger charge is -2.76. The minimum atomic E-state index is -1.49. The number of rotatable bonds is 1. The average Bonchev–Trinajstić information content (AvgIpc) is 2.78. The van der Waals surface area contributed by atoms with Gasteiger partial charge in [-0.3, -0.25) is 4.79 Å². The van der Waals surface area contributed by atoms with E-state index < -0.39 is 52.0 Å². The highest BCUT2D eigenvalue weighted by Gasteiger charge is 2.79. The molecule has 0 aliphatic heterocycles. The summed E-state index contributed by atoms with van der Waals surface area (Å²) in [7, 11) is 0. The van der Waals surface area contributed by atoms with Crippen molar-refractivity contribution in [2.45, 2.75) is 124 Å². The predicted molar refractivity (Wildman–Crippen MR) is 137 cm³/mol. The third-order valence-electron chi connectivity index (χ3n) is 14.1. The monoisotopic (exact) mass is 506 g/mol. The normalized spacial score (nSPS) is 60.2. The maximum Gasteiger partial charge on any atom is 0.310 e. The first-order valence-electron chi connectivity index (χ1n) is 14.4. The van der Waals surface area contributed by atoms with Gasteiger partial charge in [0, 0.05) is 11.3 Å². The van der Waals surface area contributed by atoms with Crippen LogP contribution in [0.5, 0.6) is 0 Å². The molecule has 6 nitrogen and oxygen atoms in total. The zero-order valence-electron chi connectivity index (χ0n) is 23.4. The van der Waals surface area contributed by atoms with E-state index in [1.807, 2.05) is 0 Å². The first kappa shape index (κ1) is 26.9. The molecule has 206 valence electrons. The second-order valence-corrected chi connectivity index (χ2v) is 15.3. The van der Waals surface area contributed by atoms with Gasteiger partial charge in [0.15, 0.2) is 0 Å². The second kappa shape index (κ2) is 7.70.